The maximum atomic E-state index is 5.09. The fraction of sp³-hybridized carbons (Fsp3) is 0. The number of hydrogen-bond acceptors (Lipinski definition) is 4. The number of fused-ring (bicyclic) bond motifs is 4. The number of para-hydroxylation sites is 2. The van der Waals surface area contributed by atoms with Gasteiger partial charge in [0.1, 0.15) is 5.01 Å². The predicted octanol–water partition coefficient (Wildman–Crippen LogP) is 10.9. The summed E-state index contributed by atoms with van der Waals surface area (Å²) in [6.45, 7) is 0. The van der Waals surface area contributed by atoms with Crippen LogP contribution in [0.15, 0.2) is 158 Å². The number of benzene rings is 6. The van der Waals surface area contributed by atoms with Crippen LogP contribution < -0.4 is 0 Å². The maximum Gasteiger partial charge on any atom is 0.160 e. The van der Waals surface area contributed by atoms with Gasteiger partial charge in [0.05, 0.1) is 32.6 Å². The van der Waals surface area contributed by atoms with Crippen molar-refractivity contribution in [3.63, 3.8) is 0 Å². The van der Waals surface area contributed by atoms with Gasteiger partial charge in [-0.25, -0.2) is 15.0 Å². The Morgan fingerprint density at radius 2 is 1.11 bits per heavy atom. The lowest BCUT2D eigenvalue weighted by Crippen LogP contribution is -1.98. The van der Waals surface area contributed by atoms with Crippen LogP contribution in [0.1, 0.15) is 0 Å². The molecular formula is C41H26N4S. The van der Waals surface area contributed by atoms with E-state index in [1.807, 2.05) is 42.5 Å². The summed E-state index contributed by atoms with van der Waals surface area (Å²) in [4.78, 5) is 15.0. The van der Waals surface area contributed by atoms with Crippen molar-refractivity contribution < 1.29 is 0 Å². The van der Waals surface area contributed by atoms with Gasteiger partial charge < -0.3 is 4.57 Å². The van der Waals surface area contributed by atoms with Gasteiger partial charge in [-0.15, -0.1) is 11.3 Å². The van der Waals surface area contributed by atoms with E-state index < -0.39 is 0 Å². The van der Waals surface area contributed by atoms with Crippen LogP contribution >= 0.6 is 11.3 Å². The number of thiazole rings is 1. The Labute approximate surface area is 269 Å². The smallest absolute Gasteiger partial charge is 0.160 e. The summed E-state index contributed by atoms with van der Waals surface area (Å²) >= 11 is 1.73. The fourth-order valence-corrected chi connectivity index (χ4v) is 7.21. The van der Waals surface area contributed by atoms with Gasteiger partial charge in [-0.2, -0.15) is 0 Å². The van der Waals surface area contributed by atoms with Gasteiger partial charge in [-0.3, -0.25) is 0 Å². The highest BCUT2D eigenvalue weighted by molar-refractivity contribution is 7.21. The number of nitrogens with zero attached hydrogens (tertiary/aromatic N) is 4. The van der Waals surface area contributed by atoms with Crippen LogP contribution in [0.25, 0.3) is 82.2 Å². The molecule has 216 valence electrons. The van der Waals surface area contributed by atoms with E-state index in [2.05, 4.69) is 120 Å². The topological polar surface area (TPSA) is 43.6 Å². The molecule has 0 aliphatic carbocycles. The normalized spacial score (nSPS) is 11.5. The van der Waals surface area contributed by atoms with E-state index in [1.54, 1.807) is 11.3 Å². The number of rotatable bonds is 5. The van der Waals surface area contributed by atoms with Crippen LogP contribution in [0.3, 0.4) is 0 Å². The average Bonchev–Trinajstić information content (AvgIpc) is 3.72. The van der Waals surface area contributed by atoms with Gasteiger partial charge in [0.25, 0.3) is 0 Å². The zero-order valence-electron chi connectivity index (χ0n) is 24.7. The van der Waals surface area contributed by atoms with E-state index in [-0.39, 0.29) is 0 Å². The van der Waals surface area contributed by atoms with Gasteiger partial charge in [0, 0.05) is 38.7 Å². The molecule has 46 heavy (non-hydrogen) atoms. The molecule has 9 rings (SSSR count). The lowest BCUT2D eigenvalue weighted by atomic mass is 10.1. The summed E-state index contributed by atoms with van der Waals surface area (Å²) in [5, 5.41) is 3.46. The molecule has 0 N–H and O–H groups in total. The lowest BCUT2D eigenvalue weighted by molar-refractivity contribution is 1.16. The minimum atomic E-state index is 0.708. The first kappa shape index (κ1) is 26.5. The third-order valence-corrected chi connectivity index (χ3v) is 9.53. The molecule has 3 heterocycles. The monoisotopic (exact) mass is 606 g/mol. The quantitative estimate of drug-likeness (QED) is 0.196. The van der Waals surface area contributed by atoms with E-state index in [1.165, 1.54) is 15.5 Å². The van der Waals surface area contributed by atoms with Crippen LogP contribution in [0.5, 0.6) is 0 Å². The zero-order valence-corrected chi connectivity index (χ0v) is 25.5. The van der Waals surface area contributed by atoms with Crippen molar-refractivity contribution in [2.24, 2.45) is 0 Å². The molecular weight excluding hydrogens is 581 g/mol. The summed E-state index contributed by atoms with van der Waals surface area (Å²) in [6.07, 6.45) is 0. The Hall–Kier alpha value is -5.91. The molecule has 0 radical (unpaired) electrons. The van der Waals surface area contributed by atoms with Gasteiger partial charge in [-0.1, -0.05) is 115 Å². The molecule has 0 amide bonds. The first-order chi connectivity index (χ1) is 22.8. The van der Waals surface area contributed by atoms with Crippen LogP contribution in [0.2, 0.25) is 0 Å². The van der Waals surface area contributed by atoms with E-state index in [0.717, 1.165) is 60.9 Å². The second-order valence-corrected chi connectivity index (χ2v) is 12.3. The van der Waals surface area contributed by atoms with Crippen molar-refractivity contribution in [1.29, 1.82) is 0 Å². The van der Waals surface area contributed by atoms with Crippen molar-refractivity contribution in [3.8, 4) is 50.2 Å². The highest BCUT2D eigenvalue weighted by Crippen LogP contribution is 2.38. The van der Waals surface area contributed by atoms with Gasteiger partial charge in [0.2, 0.25) is 0 Å². The molecule has 9 aromatic rings. The van der Waals surface area contributed by atoms with Crippen LogP contribution in [-0.2, 0) is 0 Å². The molecule has 3 aromatic heterocycles. The van der Waals surface area contributed by atoms with Crippen molar-refractivity contribution in [2.75, 3.05) is 0 Å². The summed E-state index contributed by atoms with van der Waals surface area (Å²) in [5.74, 6) is 0.708. The van der Waals surface area contributed by atoms with Gasteiger partial charge >= 0.3 is 0 Å². The molecule has 0 atom stereocenters. The SMILES string of the molecule is c1ccc(-c2cc(-c3cccc(-n4c5ccccc5c5ccc(-c6nc7ccccc7s6)cc54)c3)nc(-c3ccccc3)n2)cc1. The van der Waals surface area contributed by atoms with E-state index in [4.69, 9.17) is 15.0 Å². The third-order valence-electron chi connectivity index (χ3n) is 8.44. The molecule has 5 heteroatoms. The van der Waals surface area contributed by atoms with Crippen LogP contribution in [0.4, 0.5) is 0 Å². The zero-order chi connectivity index (χ0) is 30.5. The maximum absolute atomic E-state index is 5.09. The Morgan fingerprint density at radius 1 is 0.435 bits per heavy atom. The molecule has 0 aliphatic rings. The molecule has 0 saturated carbocycles. The lowest BCUT2D eigenvalue weighted by Gasteiger charge is -2.12. The second-order valence-electron chi connectivity index (χ2n) is 11.3. The van der Waals surface area contributed by atoms with Crippen LogP contribution in [0, 0.1) is 0 Å². The third kappa shape index (κ3) is 4.57. The highest BCUT2D eigenvalue weighted by atomic mass is 32.1. The van der Waals surface area contributed by atoms with Crippen molar-refractivity contribution >= 4 is 43.4 Å². The largest absolute Gasteiger partial charge is 0.309 e. The van der Waals surface area contributed by atoms with Crippen molar-refractivity contribution in [1.82, 2.24) is 19.5 Å². The van der Waals surface area contributed by atoms with E-state index >= 15 is 0 Å². The summed E-state index contributed by atoms with van der Waals surface area (Å²) in [5.41, 5.74) is 10.4. The molecule has 0 fully saturated rings. The minimum Gasteiger partial charge on any atom is -0.309 e. The molecule has 4 nitrogen and oxygen atoms in total. The summed E-state index contributed by atoms with van der Waals surface area (Å²) < 4.78 is 3.56. The van der Waals surface area contributed by atoms with Crippen LogP contribution in [-0.4, -0.2) is 19.5 Å². The molecule has 0 aliphatic heterocycles. The Bertz CT molecular complexity index is 2440. The molecule has 0 saturated heterocycles. The first-order valence-electron chi connectivity index (χ1n) is 15.3. The predicted molar refractivity (Wildman–Crippen MR) is 191 cm³/mol. The van der Waals surface area contributed by atoms with Crippen molar-refractivity contribution in [3.05, 3.63) is 158 Å². The first-order valence-corrected chi connectivity index (χ1v) is 16.1. The van der Waals surface area contributed by atoms with Gasteiger partial charge in [0.15, 0.2) is 5.82 Å². The Kier molecular flexibility index (Phi) is 6.28. The second kappa shape index (κ2) is 10.9. The standard InChI is InChI=1S/C41H26N4S/c1-3-12-27(13-4-1)35-26-36(43-40(42-35)28-14-5-2-6-15-28)29-16-11-17-31(24-29)45-37-20-9-7-18-32(37)33-23-22-30(25-38(33)45)41-44-34-19-8-10-21-39(34)46-41/h1-26H. The molecule has 6 aromatic carbocycles. The van der Waals surface area contributed by atoms with Gasteiger partial charge in [-0.05, 0) is 42.5 Å². The average molecular weight is 607 g/mol. The molecule has 0 spiro atoms. The highest BCUT2D eigenvalue weighted by Gasteiger charge is 2.16. The Balaban J connectivity index is 1.23. The molecule has 0 unspecified atom stereocenters. The number of hydrogen-bond donors (Lipinski definition) is 0. The number of aromatic nitrogens is 4. The van der Waals surface area contributed by atoms with E-state index in [9.17, 15) is 0 Å². The Morgan fingerprint density at radius 3 is 1.93 bits per heavy atom. The summed E-state index contributed by atoms with van der Waals surface area (Å²) in [6, 6.07) is 55.0. The van der Waals surface area contributed by atoms with E-state index in [0.29, 0.717) is 5.82 Å². The minimum absolute atomic E-state index is 0.708. The van der Waals surface area contributed by atoms with Crippen molar-refractivity contribution in [2.45, 2.75) is 0 Å². The fourth-order valence-electron chi connectivity index (χ4n) is 6.25. The summed E-state index contributed by atoms with van der Waals surface area (Å²) in [7, 11) is 0. The molecule has 0 bridgehead atoms.